The molecule has 1 nitrogen and oxygen atoms in total. The topological polar surface area (TPSA) is 9.23 Å². The van der Waals surface area contributed by atoms with Crippen LogP contribution in [0.4, 0.5) is 8.78 Å². The summed E-state index contributed by atoms with van der Waals surface area (Å²) < 4.78 is 32.1. The molecule has 0 amide bonds. The normalized spacial score (nSPS) is 17.5. The summed E-state index contributed by atoms with van der Waals surface area (Å²) in [7, 11) is 0. The molecule has 1 aliphatic heterocycles. The van der Waals surface area contributed by atoms with Gasteiger partial charge in [-0.15, -0.1) is 0 Å². The summed E-state index contributed by atoms with van der Waals surface area (Å²) in [6.07, 6.45) is 0.415. The minimum Gasteiger partial charge on any atom is -0.378 e. The number of benzene rings is 2. The van der Waals surface area contributed by atoms with E-state index in [1.807, 2.05) is 42.5 Å². The Morgan fingerprint density at radius 1 is 0.955 bits per heavy atom. The van der Waals surface area contributed by atoms with Crippen LogP contribution in [0.1, 0.15) is 24.8 Å². The summed E-state index contributed by atoms with van der Waals surface area (Å²) in [6, 6.07) is 17.2. The van der Waals surface area contributed by atoms with E-state index in [2.05, 4.69) is 0 Å². The molecule has 22 heavy (non-hydrogen) atoms. The zero-order chi connectivity index (χ0) is 15.4. The highest BCUT2D eigenvalue weighted by Crippen LogP contribution is 2.31. The monoisotopic (exact) mass is 300 g/mol. The second kappa shape index (κ2) is 6.84. The molecule has 0 aliphatic carbocycles. The molecule has 1 aliphatic rings. The van der Waals surface area contributed by atoms with Crippen LogP contribution in [0.15, 0.2) is 60.7 Å². The minimum atomic E-state index is -1.61. The quantitative estimate of drug-likeness (QED) is 0.721. The summed E-state index contributed by atoms with van der Waals surface area (Å²) in [4.78, 5) is 0. The van der Waals surface area contributed by atoms with Crippen LogP contribution in [0.3, 0.4) is 0 Å². The van der Waals surface area contributed by atoms with Gasteiger partial charge in [0.1, 0.15) is 0 Å². The number of hydrogen-bond acceptors (Lipinski definition) is 1. The van der Waals surface area contributed by atoms with Crippen LogP contribution in [0.5, 0.6) is 0 Å². The molecule has 1 saturated heterocycles. The van der Waals surface area contributed by atoms with Crippen molar-refractivity contribution < 1.29 is 13.5 Å². The third kappa shape index (κ3) is 3.42. The van der Waals surface area contributed by atoms with Crippen LogP contribution in [-0.2, 0) is 4.74 Å². The van der Waals surface area contributed by atoms with E-state index >= 15 is 0 Å². The molecule has 0 bridgehead atoms. The van der Waals surface area contributed by atoms with Crippen LogP contribution in [-0.4, -0.2) is 12.7 Å². The first-order chi connectivity index (χ1) is 10.7. The highest BCUT2D eigenvalue weighted by Gasteiger charge is 2.20. The fraction of sp³-hybridized carbons (Fsp3) is 0.263. The molecule has 3 rings (SSSR count). The second-order valence-corrected chi connectivity index (χ2v) is 5.52. The summed E-state index contributed by atoms with van der Waals surface area (Å²) in [5.41, 5.74) is 2.79. The van der Waals surface area contributed by atoms with Gasteiger partial charge in [0, 0.05) is 18.6 Å². The Morgan fingerprint density at radius 3 is 2.23 bits per heavy atom. The molecule has 1 fully saturated rings. The lowest BCUT2D eigenvalue weighted by Crippen LogP contribution is -2.06. The first-order valence-corrected chi connectivity index (χ1v) is 7.55. The van der Waals surface area contributed by atoms with Crippen molar-refractivity contribution in [3.8, 4) is 11.1 Å². The first kappa shape index (κ1) is 14.9. The van der Waals surface area contributed by atoms with E-state index in [1.165, 1.54) is 0 Å². The van der Waals surface area contributed by atoms with Gasteiger partial charge < -0.3 is 4.74 Å². The van der Waals surface area contributed by atoms with Gasteiger partial charge in [-0.3, -0.25) is 0 Å². The number of rotatable bonds is 4. The van der Waals surface area contributed by atoms with Gasteiger partial charge in [-0.05, 0) is 29.5 Å². The summed E-state index contributed by atoms with van der Waals surface area (Å²) in [6.45, 7) is 0.679. The van der Waals surface area contributed by atoms with Crippen molar-refractivity contribution in [3.05, 3.63) is 66.2 Å². The van der Waals surface area contributed by atoms with Crippen molar-refractivity contribution in [2.75, 3.05) is 6.61 Å². The van der Waals surface area contributed by atoms with E-state index < -0.39 is 6.08 Å². The minimum absolute atomic E-state index is 0.0784. The lowest BCUT2D eigenvalue weighted by atomic mass is 9.97. The van der Waals surface area contributed by atoms with Gasteiger partial charge in [0.15, 0.2) is 0 Å². The maximum Gasteiger partial charge on any atom is 0.274 e. The molecule has 114 valence electrons. The Kier molecular flexibility index (Phi) is 4.64. The molecule has 2 aromatic rings. The first-order valence-electron chi connectivity index (χ1n) is 7.55. The van der Waals surface area contributed by atoms with Gasteiger partial charge in [0.2, 0.25) is 0 Å². The lowest BCUT2D eigenvalue weighted by molar-refractivity contribution is 0.114. The van der Waals surface area contributed by atoms with Crippen molar-refractivity contribution in [2.45, 2.75) is 25.4 Å². The van der Waals surface area contributed by atoms with E-state index in [9.17, 15) is 8.78 Å². The van der Waals surface area contributed by atoms with E-state index in [4.69, 9.17) is 4.74 Å². The van der Waals surface area contributed by atoms with E-state index in [-0.39, 0.29) is 18.1 Å². The molecular formula is C19H18F2O. The Hall–Kier alpha value is -2.00. The Balaban J connectivity index is 1.82. The third-order valence-corrected chi connectivity index (χ3v) is 4.02. The zero-order valence-corrected chi connectivity index (χ0v) is 12.3. The fourth-order valence-electron chi connectivity index (χ4n) is 2.83. The molecular weight excluding hydrogens is 282 g/mol. The Morgan fingerprint density at radius 2 is 1.64 bits per heavy atom. The van der Waals surface area contributed by atoms with E-state index in [1.54, 1.807) is 12.1 Å². The maximum atomic E-state index is 13.3. The maximum absolute atomic E-state index is 13.3. The van der Waals surface area contributed by atoms with Crippen LogP contribution >= 0.6 is 0 Å². The molecule has 2 aromatic carbocycles. The molecule has 0 saturated carbocycles. The SMILES string of the molecule is FC(F)=C(C[C@H]1CCCO1)c1ccc(-c2ccccc2)cc1. The zero-order valence-electron chi connectivity index (χ0n) is 12.3. The molecule has 3 heteroatoms. The average molecular weight is 300 g/mol. The second-order valence-electron chi connectivity index (χ2n) is 5.52. The fourth-order valence-corrected chi connectivity index (χ4v) is 2.83. The van der Waals surface area contributed by atoms with Gasteiger partial charge in [-0.2, -0.15) is 8.78 Å². The number of halogens is 2. The van der Waals surface area contributed by atoms with Crippen molar-refractivity contribution in [3.63, 3.8) is 0 Å². The van der Waals surface area contributed by atoms with Crippen LogP contribution in [0.25, 0.3) is 16.7 Å². The highest BCUT2D eigenvalue weighted by atomic mass is 19.3. The average Bonchev–Trinajstić information content (AvgIpc) is 3.07. The summed E-state index contributed by atoms with van der Waals surface area (Å²) >= 11 is 0. The highest BCUT2D eigenvalue weighted by molar-refractivity contribution is 5.71. The molecule has 0 N–H and O–H groups in total. The molecule has 0 unspecified atom stereocenters. The standard InChI is InChI=1S/C19H18F2O/c20-19(21)18(13-17-7-4-12-22-17)16-10-8-15(9-11-16)14-5-2-1-3-6-14/h1-3,5-6,8-11,17H,4,7,12-13H2/t17-/m1/s1. The third-order valence-electron chi connectivity index (χ3n) is 4.02. The van der Waals surface area contributed by atoms with Crippen molar-refractivity contribution in [2.24, 2.45) is 0 Å². The van der Waals surface area contributed by atoms with Crippen molar-refractivity contribution in [1.29, 1.82) is 0 Å². The lowest BCUT2D eigenvalue weighted by Gasteiger charge is -2.13. The van der Waals surface area contributed by atoms with Gasteiger partial charge in [0.25, 0.3) is 6.08 Å². The van der Waals surface area contributed by atoms with Crippen LogP contribution in [0, 0.1) is 0 Å². The molecule has 0 aromatic heterocycles. The smallest absolute Gasteiger partial charge is 0.274 e. The number of ether oxygens (including phenoxy) is 1. The predicted molar refractivity (Wildman–Crippen MR) is 84.6 cm³/mol. The predicted octanol–water partition coefficient (Wildman–Crippen LogP) is 5.53. The van der Waals surface area contributed by atoms with Gasteiger partial charge in [0.05, 0.1) is 6.10 Å². The van der Waals surface area contributed by atoms with Gasteiger partial charge in [-0.1, -0.05) is 54.6 Å². The molecule has 1 atom stereocenters. The molecule has 1 heterocycles. The van der Waals surface area contributed by atoms with Crippen LogP contribution in [0.2, 0.25) is 0 Å². The van der Waals surface area contributed by atoms with Crippen molar-refractivity contribution in [1.82, 2.24) is 0 Å². The van der Waals surface area contributed by atoms with E-state index in [0.29, 0.717) is 12.2 Å². The summed E-state index contributed by atoms with van der Waals surface area (Å²) in [5.74, 6) is 0. The Labute approximate surface area is 129 Å². The molecule has 0 spiro atoms. The van der Waals surface area contributed by atoms with Gasteiger partial charge in [-0.25, -0.2) is 0 Å². The van der Waals surface area contributed by atoms with Crippen LogP contribution < -0.4 is 0 Å². The number of hydrogen-bond donors (Lipinski definition) is 0. The molecule has 0 radical (unpaired) electrons. The Bertz CT molecular complexity index is 637. The summed E-state index contributed by atoms with van der Waals surface area (Å²) in [5, 5.41) is 0. The largest absolute Gasteiger partial charge is 0.378 e. The van der Waals surface area contributed by atoms with E-state index in [0.717, 1.165) is 24.0 Å². The van der Waals surface area contributed by atoms with Gasteiger partial charge >= 0.3 is 0 Å². The van der Waals surface area contributed by atoms with Crippen molar-refractivity contribution >= 4 is 5.57 Å².